The third-order valence-corrected chi connectivity index (χ3v) is 15.8. The number of rotatable bonds is 5. The summed E-state index contributed by atoms with van der Waals surface area (Å²) in [6.45, 7) is 0. The number of hydrogen-bond acceptors (Lipinski definition) is 1. The van der Waals surface area contributed by atoms with Gasteiger partial charge in [-0.05, 0) is 43.0 Å². The molecule has 0 radical (unpaired) electrons. The van der Waals surface area contributed by atoms with Crippen molar-refractivity contribution >= 4 is 50.9 Å². The fourth-order valence-corrected chi connectivity index (χ4v) is 14.3. The topological polar surface area (TPSA) is 0 Å². The summed E-state index contributed by atoms with van der Waals surface area (Å²) >= 11 is 1.94. The molecule has 2 heteroatoms. The van der Waals surface area contributed by atoms with Crippen molar-refractivity contribution in [2.45, 2.75) is 0 Å². The van der Waals surface area contributed by atoms with Crippen molar-refractivity contribution in [1.29, 1.82) is 0 Å². The van der Waals surface area contributed by atoms with Crippen LogP contribution in [-0.4, -0.2) is 8.07 Å². The third-order valence-electron chi connectivity index (χ3n) is 9.60. The first-order valence-corrected chi connectivity index (χ1v) is 18.7. The van der Waals surface area contributed by atoms with Crippen LogP contribution in [-0.2, 0) is 0 Å². The molecule has 0 amide bonds. The second-order valence-electron chi connectivity index (χ2n) is 12.0. The first-order valence-electron chi connectivity index (χ1n) is 15.9. The maximum atomic E-state index is 2.42. The van der Waals surface area contributed by atoms with E-state index < -0.39 is 8.07 Å². The number of fused-ring (bicyclic) bond motifs is 4. The highest BCUT2D eigenvalue weighted by atomic mass is 32.1. The van der Waals surface area contributed by atoms with Crippen molar-refractivity contribution in [3.8, 4) is 43.1 Å². The van der Waals surface area contributed by atoms with Crippen LogP contribution in [0.1, 0.15) is 0 Å². The Morgan fingerprint density at radius 1 is 0.326 bits per heavy atom. The average molecular weight is 619 g/mol. The van der Waals surface area contributed by atoms with Gasteiger partial charge >= 0.3 is 0 Å². The lowest BCUT2D eigenvalue weighted by atomic mass is 9.95. The van der Waals surface area contributed by atoms with Gasteiger partial charge in [0, 0.05) is 31.7 Å². The van der Waals surface area contributed by atoms with E-state index in [4.69, 9.17) is 0 Å². The fourth-order valence-electron chi connectivity index (χ4n) is 7.72. The molecule has 0 unspecified atom stereocenters. The van der Waals surface area contributed by atoms with E-state index in [-0.39, 0.29) is 0 Å². The Morgan fingerprint density at radius 2 is 0.783 bits per heavy atom. The van der Waals surface area contributed by atoms with E-state index >= 15 is 0 Å². The van der Waals surface area contributed by atoms with Crippen LogP contribution in [0, 0.1) is 0 Å². The summed E-state index contributed by atoms with van der Waals surface area (Å²) < 4.78 is 0. The normalized spacial score (nSPS) is 13.0. The molecular weight excluding hydrogens is 589 g/mol. The maximum absolute atomic E-state index is 2.56. The van der Waals surface area contributed by atoms with Gasteiger partial charge in [-0.2, -0.15) is 0 Å². The van der Waals surface area contributed by atoms with Crippen LogP contribution in [0.2, 0.25) is 0 Å². The molecule has 7 aromatic carbocycles. The lowest BCUT2D eigenvalue weighted by Gasteiger charge is -2.31. The predicted octanol–water partition coefficient (Wildman–Crippen LogP) is 9.26. The molecule has 0 N–H and O–H groups in total. The van der Waals surface area contributed by atoms with Crippen molar-refractivity contribution in [3.05, 3.63) is 182 Å². The van der Waals surface area contributed by atoms with E-state index in [1.54, 1.807) is 0 Å². The van der Waals surface area contributed by atoms with Crippen LogP contribution in [0.15, 0.2) is 182 Å². The molecule has 1 aliphatic heterocycles. The SMILES string of the molecule is c1ccc(-c2ccccc2-c2sc(-c3cccc4c3-c3ccccc3[Si]4(c3ccccc3)c3ccccc3)c3ccccc23)cc1. The highest BCUT2D eigenvalue weighted by molar-refractivity contribution is 7.23. The molecule has 1 aliphatic rings. The number of thiophene rings is 1. The first kappa shape index (κ1) is 27.1. The van der Waals surface area contributed by atoms with E-state index in [1.807, 2.05) is 11.3 Å². The Labute approximate surface area is 274 Å². The van der Waals surface area contributed by atoms with E-state index in [9.17, 15) is 0 Å². The lowest BCUT2D eigenvalue weighted by molar-refractivity contribution is 1.62. The molecular formula is C44H30SSi. The molecule has 0 aliphatic carbocycles. The zero-order valence-corrected chi connectivity index (χ0v) is 27.0. The summed E-state index contributed by atoms with van der Waals surface area (Å²) in [6, 6.07) is 67.5. The van der Waals surface area contributed by atoms with E-state index in [0.29, 0.717) is 0 Å². The van der Waals surface area contributed by atoms with Crippen molar-refractivity contribution in [2.75, 3.05) is 0 Å². The second kappa shape index (κ2) is 11.0. The molecule has 0 spiro atoms. The minimum Gasteiger partial charge on any atom is -0.134 e. The maximum Gasteiger partial charge on any atom is 0.180 e. The first-order chi connectivity index (χ1) is 22.9. The van der Waals surface area contributed by atoms with E-state index in [2.05, 4.69) is 182 Å². The monoisotopic (exact) mass is 618 g/mol. The summed E-state index contributed by atoms with van der Waals surface area (Å²) in [4.78, 5) is 2.66. The van der Waals surface area contributed by atoms with Gasteiger partial charge in [0.25, 0.3) is 0 Å². The molecule has 8 aromatic rings. The average Bonchev–Trinajstić information content (AvgIpc) is 3.67. The minimum atomic E-state index is -2.56. The van der Waals surface area contributed by atoms with Gasteiger partial charge in [0.05, 0.1) is 0 Å². The van der Waals surface area contributed by atoms with Crippen molar-refractivity contribution < 1.29 is 0 Å². The van der Waals surface area contributed by atoms with Crippen LogP contribution >= 0.6 is 11.3 Å². The van der Waals surface area contributed by atoms with Crippen LogP contribution in [0.4, 0.5) is 0 Å². The summed E-state index contributed by atoms with van der Waals surface area (Å²) in [6.07, 6.45) is 0. The minimum absolute atomic E-state index is 1.24. The summed E-state index contributed by atoms with van der Waals surface area (Å²) in [5.41, 5.74) is 7.89. The van der Waals surface area contributed by atoms with Crippen molar-refractivity contribution in [3.63, 3.8) is 0 Å². The molecule has 0 saturated heterocycles. The standard InChI is InChI=1S/C44H30SSi/c1-4-17-31(18-5-1)34-23-10-11-24-35(34)43-36-25-12-13-26-37(36)44(45-43)39-28-16-30-41-42(39)38-27-14-15-29-40(38)46(41,32-19-6-2-7-20-32)33-21-8-3-9-22-33/h1-30H. The molecule has 1 aromatic heterocycles. The van der Waals surface area contributed by atoms with Crippen LogP contribution in [0.25, 0.3) is 53.9 Å². The van der Waals surface area contributed by atoms with E-state index in [0.717, 1.165) is 0 Å². The van der Waals surface area contributed by atoms with Gasteiger partial charge in [-0.1, -0.05) is 182 Å². The Bertz CT molecular complexity index is 2310. The summed E-state index contributed by atoms with van der Waals surface area (Å²) in [7, 11) is -2.56. The highest BCUT2D eigenvalue weighted by Gasteiger charge is 2.49. The van der Waals surface area contributed by atoms with Gasteiger partial charge in [0.15, 0.2) is 8.07 Å². The molecule has 0 bridgehead atoms. The van der Waals surface area contributed by atoms with E-state index in [1.165, 1.54) is 74.7 Å². The van der Waals surface area contributed by atoms with Crippen LogP contribution in [0.5, 0.6) is 0 Å². The van der Waals surface area contributed by atoms with Crippen LogP contribution in [0.3, 0.4) is 0 Å². The van der Waals surface area contributed by atoms with Gasteiger partial charge < -0.3 is 0 Å². The molecule has 2 heterocycles. The van der Waals surface area contributed by atoms with Crippen LogP contribution < -0.4 is 20.7 Å². The Balaban J connectivity index is 1.35. The molecule has 216 valence electrons. The van der Waals surface area contributed by atoms with Gasteiger partial charge in [0.2, 0.25) is 0 Å². The zero-order chi connectivity index (χ0) is 30.5. The second-order valence-corrected chi connectivity index (χ2v) is 16.7. The summed E-state index contributed by atoms with van der Waals surface area (Å²) in [5, 5.41) is 8.44. The number of hydrogen-bond donors (Lipinski definition) is 0. The van der Waals surface area contributed by atoms with Crippen molar-refractivity contribution in [1.82, 2.24) is 0 Å². The van der Waals surface area contributed by atoms with Gasteiger partial charge in [-0.3, -0.25) is 0 Å². The Hall–Kier alpha value is -5.28. The lowest BCUT2D eigenvalue weighted by Crippen LogP contribution is -2.72. The predicted molar refractivity (Wildman–Crippen MR) is 201 cm³/mol. The molecule has 46 heavy (non-hydrogen) atoms. The van der Waals surface area contributed by atoms with Gasteiger partial charge in [-0.25, -0.2) is 0 Å². The molecule has 0 nitrogen and oxygen atoms in total. The van der Waals surface area contributed by atoms with Gasteiger partial charge in [0.1, 0.15) is 0 Å². The zero-order valence-electron chi connectivity index (χ0n) is 25.2. The molecule has 0 saturated carbocycles. The number of benzene rings is 7. The molecule has 0 fully saturated rings. The fraction of sp³-hybridized carbons (Fsp3) is 0. The highest BCUT2D eigenvalue weighted by Crippen LogP contribution is 2.49. The Kier molecular flexibility index (Phi) is 6.45. The summed E-state index contributed by atoms with van der Waals surface area (Å²) in [5.74, 6) is 0. The smallest absolute Gasteiger partial charge is 0.134 e. The van der Waals surface area contributed by atoms with Gasteiger partial charge in [-0.15, -0.1) is 11.3 Å². The third kappa shape index (κ3) is 3.97. The quantitative estimate of drug-likeness (QED) is 0.169. The molecule has 0 atom stereocenters. The Morgan fingerprint density at radius 3 is 1.43 bits per heavy atom. The van der Waals surface area contributed by atoms with Crippen molar-refractivity contribution in [2.24, 2.45) is 0 Å². The largest absolute Gasteiger partial charge is 0.180 e. The molecule has 9 rings (SSSR count).